The first-order chi connectivity index (χ1) is 14.1. The van der Waals surface area contributed by atoms with E-state index in [-0.39, 0.29) is 18.0 Å². The second-order valence-electron chi connectivity index (χ2n) is 9.13. The predicted molar refractivity (Wildman–Crippen MR) is 109 cm³/mol. The van der Waals surface area contributed by atoms with Gasteiger partial charge in [-0.1, -0.05) is 19.3 Å². The van der Waals surface area contributed by atoms with Gasteiger partial charge in [0.2, 0.25) is 5.91 Å². The van der Waals surface area contributed by atoms with Gasteiger partial charge in [0.1, 0.15) is 0 Å². The van der Waals surface area contributed by atoms with Gasteiger partial charge in [-0.25, -0.2) is 9.59 Å². The van der Waals surface area contributed by atoms with E-state index in [0.29, 0.717) is 43.9 Å². The first-order valence-corrected chi connectivity index (χ1v) is 11.5. The minimum Gasteiger partial charge on any atom is -0.341 e. The number of amides is 5. The molecule has 4 aliphatic rings. The summed E-state index contributed by atoms with van der Waals surface area (Å²) >= 11 is 0. The third-order valence-corrected chi connectivity index (χ3v) is 7.26. The van der Waals surface area contributed by atoms with Crippen molar-refractivity contribution in [3.05, 3.63) is 0 Å². The first-order valence-electron chi connectivity index (χ1n) is 11.5. The largest absolute Gasteiger partial charge is 0.341 e. The minimum atomic E-state index is -0.0273. The molecule has 162 valence electrons. The molecular formula is C21H35N5O3. The normalized spacial score (nSPS) is 28.8. The Kier molecular flexibility index (Phi) is 6.45. The quantitative estimate of drug-likeness (QED) is 0.745. The molecule has 8 nitrogen and oxygen atoms in total. The molecule has 8 heteroatoms. The lowest BCUT2D eigenvalue weighted by Gasteiger charge is -2.38. The zero-order valence-corrected chi connectivity index (χ0v) is 17.4. The van der Waals surface area contributed by atoms with E-state index in [4.69, 9.17) is 0 Å². The van der Waals surface area contributed by atoms with Crippen LogP contribution in [0.2, 0.25) is 0 Å². The van der Waals surface area contributed by atoms with Gasteiger partial charge in [0.25, 0.3) is 0 Å². The number of urea groups is 2. The van der Waals surface area contributed by atoms with Crippen LogP contribution in [0.4, 0.5) is 9.59 Å². The molecule has 1 saturated carbocycles. The Morgan fingerprint density at radius 1 is 0.931 bits per heavy atom. The third kappa shape index (κ3) is 4.95. The topological polar surface area (TPSA) is 85.0 Å². The number of hydrogen-bond acceptors (Lipinski definition) is 3. The number of carbonyl (C=O) groups excluding carboxylic acids is 3. The smallest absolute Gasteiger partial charge is 0.317 e. The van der Waals surface area contributed by atoms with Crippen LogP contribution in [0, 0.1) is 11.8 Å². The zero-order chi connectivity index (χ0) is 20.2. The van der Waals surface area contributed by atoms with E-state index in [1.807, 2.05) is 9.80 Å². The second-order valence-corrected chi connectivity index (χ2v) is 9.13. The number of nitrogens with one attached hydrogen (secondary N) is 2. The Morgan fingerprint density at radius 3 is 2.45 bits per heavy atom. The van der Waals surface area contributed by atoms with E-state index in [1.54, 1.807) is 4.90 Å². The standard InChI is InChI=1S/C21H35N5O3/c27-19-14-16-6-10-26(21(29)23-18-4-2-1-3-5-18)15-17(16)7-9-24(19)12-13-25-11-8-22-20(25)28/h16-18H,1-15H2,(H,22,28)(H,23,29)/t16-,17-/m0/s1. The zero-order valence-electron chi connectivity index (χ0n) is 17.4. The number of rotatable bonds is 4. The predicted octanol–water partition coefficient (Wildman–Crippen LogP) is 1.61. The van der Waals surface area contributed by atoms with Crippen LogP contribution in [0.3, 0.4) is 0 Å². The summed E-state index contributed by atoms with van der Waals surface area (Å²) in [5.41, 5.74) is 0. The highest BCUT2D eigenvalue weighted by Gasteiger charge is 2.37. The number of nitrogens with zero attached hydrogens (tertiary/aromatic N) is 3. The van der Waals surface area contributed by atoms with Crippen LogP contribution in [-0.2, 0) is 4.79 Å². The van der Waals surface area contributed by atoms with E-state index >= 15 is 0 Å². The van der Waals surface area contributed by atoms with Crippen LogP contribution in [0.25, 0.3) is 0 Å². The molecule has 3 aliphatic heterocycles. The lowest BCUT2D eigenvalue weighted by atomic mass is 9.82. The van der Waals surface area contributed by atoms with Crippen molar-refractivity contribution in [2.75, 3.05) is 45.8 Å². The molecule has 2 atom stereocenters. The fraction of sp³-hybridized carbons (Fsp3) is 0.857. The monoisotopic (exact) mass is 405 g/mol. The van der Waals surface area contributed by atoms with Gasteiger partial charge in [-0.2, -0.15) is 0 Å². The molecule has 0 unspecified atom stereocenters. The molecule has 0 spiro atoms. The van der Waals surface area contributed by atoms with Gasteiger partial charge in [0, 0.05) is 58.3 Å². The Hall–Kier alpha value is -1.99. The van der Waals surface area contributed by atoms with Crippen molar-refractivity contribution in [1.29, 1.82) is 0 Å². The maximum Gasteiger partial charge on any atom is 0.317 e. The highest BCUT2D eigenvalue weighted by Crippen LogP contribution is 2.32. The van der Waals surface area contributed by atoms with Gasteiger partial charge >= 0.3 is 12.1 Å². The van der Waals surface area contributed by atoms with Crippen molar-refractivity contribution >= 4 is 18.0 Å². The van der Waals surface area contributed by atoms with E-state index in [9.17, 15) is 14.4 Å². The van der Waals surface area contributed by atoms with E-state index in [2.05, 4.69) is 10.6 Å². The van der Waals surface area contributed by atoms with Gasteiger partial charge in [-0.15, -0.1) is 0 Å². The summed E-state index contributed by atoms with van der Waals surface area (Å²) in [6.45, 7) is 4.86. The minimum absolute atomic E-state index is 0.0273. The summed E-state index contributed by atoms with van der Waals surface area (Å²) in [4.78, 5) is 42.9. The molecule has 4 fully saturated rings. The molecule has 3 saturated heterocycles. The Balaban J connectivity index is 1.27. The van der Waals surface area contributed by atoms with Crippen molar-refractivity contribution in [1.82, 2.24) is 25.3 Å². The fourth-order valence-corrected chi connectivity index (χ4v) is 5.38. The van der Waals surface area contributed by atoms with E-state index < -0.39 is 0 Å². The first kappa shape index (κ1) is 20.3. The van der Waals surface area contributed by atoms with Gasteiger partial charge in [-0.3, -0.25) is 4.79 Å². The molecule has 1 aliphatic carbocycles. The Bertz CT molecular complexity index is 621. The maximum absolute atomic E-state index is 12.7. The molecule has 29 heavy (non-hydrogen) atoms. The van der Waals surface area contributed by atoms with Crippen molar-refractivity contribution in [2.24, 2.45) is 11.8 Å². The highest BCUT2D eigenvalue weighted by molar-refractivity contribution is 5.78. The molecule has 0 aromatic rings. The van der Waals surface area contributed by atoms with Gasteiger partial charge in [0.15, 0.2) is 0 Å². The molecule has 2 N–H and O–H groups in total. The average molecular weight is 406 g/mol. The lowest BCUT2D eigenvalue weighted by molar-refractivity contribution is -0.131. The maximum atomic E-state index is 12.7. The molecule has 5 amide bonds. The fourth-order valence-electron chi connectivity index (χ4n) is 5.38. The summed E-state index contributed by atoms with van der Waals surface area (Å²) in [5, 5.41) is 6.05. The molecule has 0 bridgehead atoms. The van der Waals surface area contributed by atoms with Crippen LogP contribution < -0.4 is 10.6 Å². The van der Waals surface area contributed by atoms with Crippen molar-refractivity contribution in [2.45, 2.75) is 57.4 Å². The van der Waals surface area contributed by atoms with Crippen molar-refractivity contribution in [3.8, 4) is 0 Å². The summed E-state index contributed by atoms with van der Waals surface area (Å²) in [6.07, 6.45) is 8.35. The molecule has 0 aromatic heterocycles. The van der Waals surface area contributed by atoms with E-state index in [0.717, 1.165) is 51.9 Å². The molecule has 4 rings (SSSR count). The van der Waals surface area contributed by atoms with Crippen molar-refractivity contribution in [3.63, 3.8) is 0 Å². The lowest BCUT2D eigenvalue weighted by Crippen LogP contribution is -2.50. The van der Waals surface area contributed by atoms with Crippen LogP contribution in [-0.4, -0.2) is 84.5 Å². The summed E-state index contributed by atoms with van der Waals surface area (Å²) < 4.78 is 0. The van der Waals surface area contributed by atoms with Crippen LogP contribution >= 0.6 is 0 Å². The molecule has 0 radical (unpaired) electrons. The number of piperidine rings is 1. The average Bonchev–Trinajstić information content (AvgIpc) is 3.06. The number of fused-ring (bicyclic) bond motifs is 1. The highest BCUT2D eigenvalue weighted by atomic mass is 16.2. The molecule has 3 heterocycles. The number of hydrogen-bond donors (Lipinski definition) is 2. The Labute approximate surface area is 173 Å². The van der Waals surface area contributed by atoms with Crippen LogP contribution in [0.5, 0.6) is 0 Å². The van der Waals surface area contributed by atoms with Gasteiger partial charge < -0.3 is 25.3 Å². The van der Waals surface area contributed by atoms with Gasteiger partial charge in [-0.05, 0) is 37.5 Å². The van der Waals surface area contributed by atoms with E-state index in [1.165, 1.54) is 19.3 Å². The second kappa shape index (κ2) is 9.22. The van der Waals surface area contributed by atoms with Gasteiger partial charge in [0.05, 0.1) is 0 Å². The Morgan fingerprint density at radius 2 is 1.69 bits per heavy atom. The van der Waals surface area contributed by atoms with Crippen LogP contribution in [0.1, 0.15) is 51.4 Å². The summed E-state index contributed by atoms with van der Waals surface area (Å²) in [5.74, 6) is 0.975. The molecular weight excluding hydrogens is 370 g/mol. The van der Waals surface area contributed by atoms with Crippen molar-refractivity contribution < 1.29 is 14.4 Å². The molecule has 0 aromatic carbocycles. The number of carbonyl (C=O) groups is 3. The van der Waals surface area contributed by atoms with Crippen LogP contribution in [0.15, 0.2) is 0 Å². The third-order valence-electron chi connectivity index (χ3n) is 7.26. The summed E-state index contributed by atoms with van der Waals surface area (Å²) in [7, 11) is 0. The SMILES string of the molecule is O=C1C[C@@H]2CCN(C(=O)NC3CCCCC3)C[C@@H]2CCN1CCN1CCNC1=O. The summed E-state index contributed by atoms with van der Waals surface area (Å²) in [6, 6.07) is 0.395. The number of likely N-dealkylation sites (tertiary alicyclic amines) is 2.